The summed E-state index contributed by atoms with van der Waals surface area (Å²) in [6.45, 7) is 4.24. The highest BCUT2D eigenvalue weighted by molar-refractivity contribution is 6.00. The average molecular weight is 380 g/mol. The predicted molar refractivity (Wildman–Crippen MR) is 94.0 cm³/mol. The second-order valence-corrected chi connectivity index (χ2v) is 6.76. The molecule has 8 heteroatoms. The van der Waals surface area contributed by atoms with Crippen LogP contribution in [0.1, 0.15) is 27.2 Å². The van der Waals surface area contributed by atoms with Crippen molar-refractivity contribution < 1.29 is 39.5 Å². The highest BCUT2D eigenvalue weighted by atomic mass is 16.6. The molecule has 2 rings (SSSR count). The Kier molecular flexibility index (Phi) is 6.06. The summed E-state index contributed by atoms with van der Waals surface area (Å²) in [6, 6.07) is 0. The first-order valence-corrected chi connectivity index (χ1v) is 8.48. The molecule has 0 saturated heterocycles. The summed E-state index contributed by atoms with van der Waals surface area (Å²) in [5.74, 6) is -1.59. The molecule has 0 fully saturated rings. The minimum atomic E-state index is -2.37. The number of carbonyl (C=O) groups is 2. The molecule has 1 heterocycles. The maximum absolute atomic E-state index is 12.3. The Morgan fingerprint density at radius 3 is 2.63 bits per heavy atom. The van der Waals surface area contributed by atoms with Gasteiger partial charge in [0.25, 0.3) is 0 Å². The number of aliphatic hydroxyl groups is 4. The molecule has 1 aliphatic heterocycles. The highest BCUT2D eigenvalue weighted by Crippen LogP contribution is 2.43. The molecule has 27 heavy (non-hydrogen) atoms. The van der Waals surface area contributed by atoms with E-state index >= 15 is 0 Å². The third-order valence-corrected chi connectivity index (χ3v) is 4.36. The third kappa shape index (κ3) is 4.03. The lowest BCUT2D eigenvalue weighted by Crippen LogP contribution is -2.69. The van der Waals surface area contributed by atoms with Gasteiger partial charge < -0.3 is 29.9 Å². The monoisotopic (exact) mass is 380 g/mol. The smallest absolute Gasteiger partial charge is 0.308 e. The van der Waals surface area contributed by atoms with Gasteiger partial charge in [-0.15, -0.1) is 0 Å². The molecule has 4 N–H and O–H groups in total. The number of fused-ring (bicyclic) bond motifs is 1. The minimum absolute atomic E-state index is 0.0623. The molecule has 8 nitrogen and oxygen atoms in total. The summed E-state index contributed by atoms with van der Waals surface area (Å²) >= 11 is 0. The number of esters is 1. The van der Waals surface area contributed by atoms with Gasteiger partial charge in [0.05, 0.1) is 12.5 Å². The molecule has 5 atom stereocenters. The summed E-state index contributed by atoms with van der Waals surface area (Å²) in [5.41, 5.74) is -4.74. The zero-order valence-corrected chi connectivity index (χ0v) is 15.3. The van der Waals surface area contributed by atoms with Crippen LogP contribution in [0.2, 0.25) is 0 Å². The number of ether oxygens (including phenoxy) is 2. The van der Waals surface area contributed by atoms with Crippen LogP contribution in [0, 0.1) is 0 Å². The summed E-state index contributed by atoms with van der Waals surface area (Å²) in [4.78, 5) is 24.3. The highest BCUT2D eigenvalue weighted by Gasteiger charge is 2.63. The van der Waals surface area contributed by atoms with Crippen LogP contribution in [0.3, 0.4) is 0 Å². The molecule has 0 saturated carbocycles. The standard InChI is InChI=1S/C19H24O8/c1-4-5-6-7-13-9-12-10-14(21)18(3,24)16(19(12,25)17(23)26-13)27-15(22)8-11(2)20/h4-7,9-11,16-17,20,23-25H,8H2,1-3H3/b5-4+,7-6+. The van der Waals surface area contributed by atoms with Crippen molar-refractivity contribution in [3.05, 3.63) is 47.8 Å². The quantitative estimate of drug-likeness (QED) is 0.388. The molecule has 0 amide bonds. The summed E-state index contributed by atoms with van der Waals surface area (Å²) in [6.07, 6.45) is 3.72. The Balaban J connectivity index is 2.46. The molecule has 0 bridgehead atoms. The van der Waals surface area contributed by atoms with Crippen LogP contribution in [0.25, 0.3) is 0 Å². The van der Waals surface area contributed by atoms with E-state index in [4.69, 9.17) is 9.47 Å². The molecular formula is C19H24O8. The Morgan fingerprint density at radius 1 is 1.37 bits per heavy atom. The number of aliphatic hydroxyl groups excluding tert-OH is 2. The van der Waals surface area contributed by atoms with E-state index in [0.29, 0.717) is 0 Å². The minimum Gasteiger partial charge on any atom is -0.461 e. The van der Waals surface area contributed by atoms with Crippen molar-refractivity contribution in [2.45, 2.75) is 56.9 Å². The largest absolute Gasteiger partial charge is 0.461 e. The van der Waals surface area contributed by atoms with Crippen LogP contribution in [0.4, 0.5) is 0 Å². The lowest BCUT2D eigenvalue weighted by atomic mass is 9.70. The van der Waals surface area contributed by atoms with Crippen LogP contribution < -0.4 is 0 Å². The van der Waals surface area contributed by atoms with E-state index in [1.165, 1.54) is 19.1 Å². The van der Waals surface area contributed by atoms with Gasteiger partial charge in [0.1, 0.15) is 5.76 Å². The number of allylic oxidation sites excluding steroid dienone is 4. The Hall–Kier alpha value is -2.26. The van der Waals surface area contributed by atoms with Gasteiger partial charge in [0.15, 0.2) is 23.1 Å². The Labute approximate surface area is 156 Å². The summed E-state index contributed by atoms with van der Waals surface area (Å²) in [7, 11) is 0. The number of rotatable bonds is 5. The molecule has 0 spiro atoms. The van der Waals surface area contributed by atoms with Crippen molar-refractivity contribution >= 4 is 11.8 Å². The van der Waals surface area contributed by atoms with Crippen LogP contribution >= 0.6 is 0 Å². The fourth-order valence-electron chi connectivity index (χ4n) is 2.92. The van der Waals surface area contributed by atoms with Crippen LogP contribution in [0.5, 0.6) is 0 Å². The van der Waals surface area contributed by atoms with Crippen LogP contribution in [-0.4, -0.2) is 61.9 Å². The SMILES string of the molecule is C/C=C/C=C/C1=CC2=CC(=O)C(C)(O)C(OC(=O)CC(C)O)C2(O)C(O)O1. The van der Waals surface area contributed by atoms with Crippen LogP contribution in [-0.2, 0) is 19.1 Å². The van der Waals surface area contributed by atoms with Crippen molar-refractivity contribution in [3.8, 4) is 0 Å². The number of hydrogen-bond acceptors (Lipinski definition) is 8. The molecule has 0 radical (unpaired) electrons. The summed E-state index contributed by atoms with van der Waals surface area (Å²) < 4.78 is 10.4. The first-order valence-electron chi connectivity index (χ1n) is 8.48. The van der Waals surface area contributed by atoms with Gasteiger partial charge in [-0.2, -0.15) is 0 Å². The fourth-order valence-corrected chi connectivity index (χ4v) is 2.92. The zero-order chi connectivity index (χ0) is 20.4. The van der Waals surface area contributed by atoms with Gasteiger partial charge in [0.2, 0.25) is 6.29 Å². The summed E-state index contributed by atoms with van der Waals surface area (Å²) in [5, 5.41) is 41.3. The molecule has 0 aromatic carbocycles. The topological polar surface area (TPSA) is 134 Å². The van der Waals surface area contributed by atoms with E-state index in [-0.39, 0.29) is 11.3 Å². The molecular weight excluding hydrogens is 356 g/mol. The third-order valence-electron chi connectivity index (χ3n) is 4.36. The maximum Gasteiger partial charge on any atom is 0.308 e. The first kappa shape index (κ1) is 21.0. The van der Waals surface area contributed by atoms with Gasteiger partial charge in [-0.05, 0) is 39.0 Å². The molecule has 5 unspecified atom stereocenters. The molecule has 0 aromatic heterocycles. The van der Waals surface area contributed by atoms with E-state index in [1.54, 1.807) is 18.2 Å². The number of carbonyl (C=O) groups excluding carboxylic acids is 2. The molecule has 2 aliphatic rings. The Morgan fingerprint density at radius 2 is 2.04 bits per heavy atom. The van der Waals surface area contributed by atoms with Gasteiger partial charge in [-0.1, -0.05) is 18.2 Å². The number of hydrogen-bond donors (Lipinski definition) is 4. The van der Waals surface area contributed by atoms with E-state index < -0.39 is 47.9 Å². The first-order chi connectivity index (χ1) is 12.5. The lowest BCUT2D eigenvalue weighted by Gasteiger charge is -2.48. The molecule has 1 aliphatic carbocycles. The second kappa shape index (κ2) is 7.77. The van der Waals surface area contributed by atoms with Crippen molar-refractivity contribution in [1.29, 1.82) is 0 Å². The van der Waals surface area contributed by atoms with Crippen molar-refractivity contribution in [3.63, 3.8) is 0 Å². The van der Waals surface area contributed by atoms with Gasteiger partial charge in [-0.3, -0.25) is 9.59 Å². The van der Waals surface area contributed by atoms with E-state index in [1.807, 2.05) is 6.92 Å². The van der Waals surface area contributed by atoms with E-state index in [2.05, 4.69) is 0 Å². The van der Waals surface area contributed by atoms with Gasteiger partial charge in [0, 0.05) is 5.57 Å². The van der Waals surface area contributed by atoms with Crippen molar-refractivity contribution in [2.75, 3.05) is 0 Å². The van der Waals surface area contributed by atoms with E-state index in [9.17, 15) is 30.0 Å². The lowest BCUT2D eigenvalue weighted by molar-refractivity contribution is -0.255. The van der Waals surface area contributed by atoms with E-state index in [0.717, 1.165) is 13.0 Å². The van der Waals surface area contributed by atoms with Gasteiger partial charge in [-0.25, -0.2) is 0 Å². The molecule has 148 valence electrons. The zero-order valence-electron chi connectivity index (χ0n) is 15.3. The predicted octanol–water partition coefficient (Wildman–Crippen LogP) is 0.0251. The van der Waals surface area contributed by atoms with Crippen LogP contribution in [0.15, 0.2) is 47.8 Å². The van der Waals surface area contributed by atoms with Crippen molar-refractivity contribution in [1.82, 2.24) is 0 Å². The molecule has 0 aromatic rings. The normalized spacial score (nSPS) is 34.7. The average Bonchev–Trinajstić information content (AvgIpc) is 2.55. The van der Waals surface area contributed by atoms with Gasteiger partial charge >= 0.3 is 5.97 Å². The van der Waals surface area contributed by atoms with Crippen molar-refractivity contribution in [2.24, 2.45) is 0 Å². The fraction of sp³-hybridized carbons (Fsp3) is 0.474. The second-order valence-electron chi connectivity index (χ2n) is 6.76. The number of ketones is 1. The maximum atomic E-state index is 12.3. The Bertz CT molecular complexity index is 728.